The van der Waals surface area contributed by atoms with Crippen molar-refractivity contribution in [1.82, 2.24) is 15.2 Å². The topological polar surface area (TPSA) is 98.8 Å². The summed E-state index contributed by atoms with van der Waals surface area (Å²) >= 11 is 0. The summed E-state index contributed by atoms with van der Waals surface area (Å²) in [6.45, 7) is 7.02. The van der Waals surface area contributed by atoms with E-state index >= 15 is 8.78 Å². The average molecular weight is 499 g/mol. The Balaban J connectivity index is 1.41. The third kappa shape index (κ3) is 4.70. The van der Waals surface area contributed by atoms with Gasteiger partial charge in [-0.3, -0.25) is 9.59 Å². The largest absolute Gasteiger partial charge is 0.378 e. The molecular formula is C25H28F2N6O3. The zero-order valence-electron chi connectivity index (χ0n) is 19.8. The van der Waals surface area contributed by atoms with E-state index in [0.29, 0.717) is 39.4 Å². The number of halogens is 2. The summed E-state index contributed by atoms with van der Waals surface area (Å²) in [5, 5.41) is 8.61. The Hall–Kier alpha value is -3.73. The highest BCUT2D eigenvalue weighted by Crippen LogP contribution is 2.33. The Morgan fingerprint density at radius 1 is 1.22 bits per heavy atom. The fourth-order valence-corrected chi connectivity index (χ4v) is 4.83. The first kappa shape index (κ1) is 24.0. The highest BCUT2D eigenvalue weighted by Gasteiger charge is 2.31. The van der Waals surface area contributed by atoms with Crippen LogP contribution in [0.2, 0.25) is 0 Å². The van der Waals surface area contributed by atoms with Crippen LogP contribution in [-0.4, -0.2) is 67.1 Å². The van der Waals surface area contributed by atoms with Gasteiger partial charge in [-0.25, -0.2) is 13.8 Å². The van der Waals surface area contributed by atoms with Gasteiger partial charge in [0.05, 0.1) is 24.5 Å². The lowest BCUT2D eigenvalue weighted by molar-refractivity contribution is -0.127. The molecule has 190 valence electrons. The fraction of sp³-hybridized carbons (Fsp3) is 0.400. The summed E-state index contributed by atoms with van der Waals surface area (Å²) in [5.74, 6) is -1.79. The predicted octanol–water partition coefficient (Wildman–Crippen LogP) is 2.77. The van der Waals surface area contributed by atoms with Gasteiger partial charge in [0.15, 0.2) is 11.6 Å². The first-order valence-corrected chi connectivity index (χ1v) is 12.0. The number of likely N-dealkylation sites (tertiary alicyclic amines) is 1. The Morgan fingerprint density at radius 3 is 2.78 bits per heavy atom. The molecule has 3 aliphatic heterocycles. The number of hydrogen-bond donors (Lipinski definition) is 3. The zero-order chi connectivity index (χ0) is 25.2. The number of amides is 2. The lowest BCUT2D eigenvalue weighted by Gasteiger charge is -2.33. The highest BCUT2D eigenvalue weighted by molar-refractivity contribution is 6.03. The van der Waals surface area contributed by atoms with E-state index in [-0.39, 0.29) is 46.9 Å². The molecule has 3 aliphatic rings. The van der Waals surface area contributed by atoms with Gasteiger partial charge in [0.2, 0.25) is 5.91 Å². The summed E-state index contributed by atoms with van der Waals surface area (Å²) in [6, 6.07) is 4.55. The lowest BCUT2D eigenvalue weighted by atomic mass is 10.0. The SMILES string of the molecule is C=CC(=O)N1CCC[C@H](Nc2nc(Nc3ccc(N4CCOCC4)cc3F)c3c(c2F)CNC3=O)C1. The molecule has 0 bridgehead atoms. The molecule has 0 spiro atoms. The van der Waals surface area contributed by atoms with Crippen molar-refractivity contribution in [2.75, 3.05) is 54.9 Å². The second kappa shape index (κ2) is 10.1. The van der Waals surface area contributed by atoms with Crippen molar-refractivity contribution in [2.24, 2.45) is 0 Å². The van der Waals surface area contributed by atoms with Gasteiger partial charge >= 0.3 is 0 Å². The number of nitrogens with one attached hydrogen (secondary N) is 3. The fourth-order valence-electron chi connectivity index (χ4n) is 4.83. The van der Waals surface area contributed by atoms with Crippen molar-refractivity contribution in [3.8, 4) is 0 Å². The van der Waals surface area contributed by atoms with Crippen molar-refractivity contribution < 1.29 is 23.1 Å². The second-order valence-electron chi connectivity index (χ2n) is 9.02. The van der Waals surface area contributed by atoms with E-state index in [2.05, 4.69) is 27.5 Å². The van der Waals surface area contributed by atoms with Gasteiger partial charge in [-0.2, -0.15) is 0 Å². The molecule has 36 heavy (non-hydrogen) atoms. The molecule has 1 atom stereocenters. The monoisotopic (exact) mass is 498 g/mol. The number of fused-ring (bicyclic) bond motifs is 1. The molecule has 0 radical (unpaired) electrons. The van der Waals surface area contributed by atoms with Crippen LogP contribution in [0.15, 0.2) is 30.9 Å². The van der Waals surface area contributed by atoms with Gasteiger partial charge in [-0.1, -0.05) is 6.58 Å². The minimum absolute atomic E-state index is 0.00999. The molecule has 2 fully saturated rings. The first-order valence-electron chi connectivity index (χ1n) is 12.0. The molecule has 11 heteroatoms. The van der Waals surface area contributed by atoms with E-state index in [9.17, 15) is 9.59 Å². The number of anilines is 4. The number of morpholine rings is 1. The molecule has 9 nitrogen and oxygen atoms in total. The van der Waals surface area contributed by atoms with Crippen LogP contribution in [0.3, 0.4) is 0 Å². The Kier molecular flexibility index (Phi) is 6.73. The normalized spacial score (nSPS) is 19.5. The van der Waals surface area contributed by atoms with Crippen molar-refractivity contribution in [2.45, 2.75) is 25.4 Å². The van der Waals surface area contributed by atoms with E-state index in [1.54, 1.807) is 17.0 Å². The summed E-state index contributed by atoms with van der Waals surface area (Å²) in [7, 11) is 0. The minimum Gasteiger partial charge on any atom is -0.378 e. The third-order valence-electron chi connectivity index (χ3n) is 6.72. The molecule has 3 N–H and O–H groups in total. The Morgan fingerprint density at radius 2 is 2.03 bits per heavy atom. The van der Waals surface area contributed by atoms with E-state index in [1.807, 2.05) is 4.90 Å². The molecule has 1 aromatic heterocycles. The molecule has 1 aromatic carbocycles. The van der Waals surface area contributed by atoms with E-state index < -0.39 is 17.5 Å². The van der Waals surface area contributed by atoms with Crippen LogP contribution in [0.5, 0.6) is 0 Å². The third-order valence-corrected chi connectivity index (χ3v) is 6.72. The van der Waals surface area contributed by atoms with Gasteiger partial charge in [-0.05, 0) is 37.1 Å². The summed E-state index contributed by atoms with van der Waals surface area (Å²) in [4.78, 5) is 32.5. The standard InChI is InChI=1S/C25H28F2N6O3/c1-2-20(34)33-7-3-4-15(14-33)29-24-22(27)17-13-28-25(35)21(17)23(31-24)30-19-6-5-16(12-18(19)26)32-8-10-36-11-9-32/h2,5-6,12,15H,1,3-4,7-11,13-14H2,(H,28,35)(H2,29,30,31)/t15-/m0/s1. The molecular weight excluding hydrogens is 470 g/mol. The Bertz CT molecular complexity index is 1200. The molecule has 2 aromatic rings. The number of benzene rings is 1. The summed E-state index contributed by atoms with van der Waals surface area (Å²) in [5.41, 5.74) is 1.08. The second-order valence-corrected chi connectivity index (χ2v) is 9.02. The number of carbonyl (C=O) groups is 2. The van der Waals surface area contributed by atoms with Gasteiger partial charge in [0.1, 0.15) is 11.6 Å². The predicted molar refractivity (Wildman–Crippen MR) is 132 cm³/mol. The molecule has 0 saturated carbocycles. The molecule has 4 heterocycles. The number of ether oxygens (including phenoxy) is 1. The van der Waals surface area contributed by atoms with Crippen molar-refractivity contribution >= 4 is 34.8 Å². The van der Waals surface area contributed by atoms with Crippen LogP contribution >= 0.6 is 0 Å². The smallest absolute Gasteiger partial charge is 0.255 e. The number of piperidine rings is 1. The van der Waals surface area contributed by atoms with Gasteiger partial charge in [-0.15, -0.1) is 0 Å². The zero-order valence-corrected chi connectivity index (χ0v) is 19.8. The molecule has 2 saturated heterocycles. The summed E-state index contributed by atoms with van der Waals surface area (Å²) in [6.07, 6.45) is 2.72. The van der Waals surface area contributed by atoms with Gasteiger partial charge < -0.3 is 30.5 Å². The van der Waals surface area contributed by atoms with Crippen LogP contribution in [0.4, 0.5) is 31.8 Å². The van der Waals surface area contributed by atoms with Crippen LogP contribution in [0.25, 0.3) is 0 Å². The molecule has 0 unspecified atom stereocenters. The number of nitrogens with zero attached hydrogens (tertiary/aromatic N) is 3. The highest BCUT2D eigenvalue weighted by atomic mass is 19.1. The average Bonchev–Trinajstić information content (AvgIpc) is 3.30. The molecule has 5 rings (SSSR count). The first-order chi connectivity index (χ1) is 17.4. The van der Waals surface area contributed by atoms with Crippen LogP contribution in [-0.2, 0) is 16.1 Å². The number of pyridine rings is 1. The summed E-state index contributed by atoms with van der Waals surface area (Å²) < 4.78 is 35.8. The van der Waals surface area contributed by atoms with Gasteiger partial charge in [0.25, 0.3) is 5.91 Å². The maximum atomic E-state index is 15.3. The maximum Gasteiger partial charge on any atom is 0.255 e. The molecule has 0 aliphatic carbocycles. The van der Waals surface area contributed by atoms with Crippen LogP contribution in [0, 0.1) is 11.6 Å². The quantitative estimate of drug-likeness (QED) is 0.527. The van der Waals surface area contributed by atoms with Gasteiger partial charge in [0, 0.05) is 50.0 Å². The van der Waals surface area contributed by atoms with Crippen molar-refractivity contribution in [3.63, 3.8) is 0 Å². The lowest BCUT2D eigenvalue weighted by Crippen LogP contribution is -2.44. The van der Waals surface area contributed by atoms with Crippen LogP contribution in [0.1, 0.15) is 28.8 Å². The van der Waals surface area contributed by atoms with E-state index in [1.165, 1.54) is 12.1 Å². The Labute approximate surface area is 207 Å². The minimum atomic E-state index is -0.635. The maximum absolute atomic E-state index is 15.3. The van der Waals surface area contributed by atoms with E-state index in [4.69, 9.17) is 4.74 Å². The van der Waals surface area contributed by atoms with Crippen molar-refractivity contribution in [1.29, 1.82) is 0 Å². The number of hydrogen-bond acceptors (Lipinski definition) is 7. The number of carbonyl (C=O) groups excluding carboxylic acids is 2. The molecule has 2 amide bonds. The number of aromatic nitrogens is 1. The van der Waals surface area contributed by atoms with Crippen molar-refractivity contribution in [3.05, 3.63) is 53.6 Å². The van der Waals surface area contributed by atoms with E-state index in [0.717, 1.165) is 18.5 Å². The number of rotatable bonds is 6. The van der Waals surface area contributed by atoms with Crippen LogP contribution < -0.4 is 20.9 Å².